The first-order valence-electron chi connectivity index (χ1n) is 15.0. The van der Waals surface area contributed by atoms with Crippen LogP contribution in [0.4, 0.5) is 0 Å². The van der Waals surface area contributed by atoms with Crippen LogP contribution in [0.5, 0.6) is 0 Å². The van der Waals surface area contributed by atoms with E-state index in [9.17, 15) is 29.1 Å². The van der Waals surface area contributed by atoms with Gasteiger partial charge in [-0.05, 0) is 37.8 Å². The lowest BCUT2D eigenvalue weighted by molar-refractivity contribution is -0.141. The maximum atomic E-state index is 13.6. The Balaban J connectivity index is 2.07. The van der Waals surface area contributed by atoms with Crippen LogP contribution in [0.25, 0.3) is 0 Å². The van der Waals surface area contributed by atoms with Crippen LogP contribution >= 0.6 is 22.6 Å². The Hall–Kier alpha value is -3.60. The molecule has 1 aromatic carbocycles. The summed E-state index contributed by atoms with van der Waals surface area (Å²) in [6.45, 7) is 9.65. The van der Waals surface area contributed by atoms with E-state index in [-0.39, 0.29) is 30.5 Å². The molecule has 246 valence electrons. The van der Waals surface area contributed by atoms with E-state index < -0.39 is 70.3 Å². The first-order chi connectivity index (χ1) is 21.3. The molecule has 0 aliphatic carbocycles. The molecule has 4 amide bonds. The SMILES string of the molecule is CCC1c2nnc(o2)[C@H](C)NC(=O)[C@H](Cc2ccccc2)NC(=O)[C@H](CC(=O)O)NC(=O)[C@H](CC(C)C)NC(=O)[C@H](I)N1CC. The molecule has 1 unspecified atom stereocenters. The number of carbonyl (C=O) groups is 5. The van der Waals surface area contributed by atoms with Gasteiger partial charge in [0.05, 0.1) is 12.5 Å². The molecule has 0 saturated heterocycles. The normalized spacial score (nSPS) is 25.8. The molecule has 0 radical (unpaired) electrons. The fraction of sp³-hybridized carbons (Fsp3) is 0.567. The van der Waals surface area contributed by atoms with Crippen molar-refractivity contribution in [2.24, 2.45) is 5.92 Å². The summed E-state index contributed by atoms with van der Waals surface area (Å²) in [6.07, 6.45) is 0.106. The summed E-state index contributed by atoms with van der Waals surface area (Å²) in [4.78, 5) is 67.8. The van der Waals surface area contributed by atoms with Gasteiger partial charge in [-0.25, -0.2) is 0 Å². The highest BCUT2D eigenvalue weighted by Crippen LogP contribution is 2.29. The maximum Gasteiger partial charge on any atom is 0.305 e. The van der Waals surface area contributed by atoms with Crippen molar-refractivity contribution in [2.45, 2.75) is 94.6 Å². The molecule has 1 aliphatic heterocycles. The highest BCUT2D eigenvalue weighted by atomic mass is 127. The molecular formula is C30H42IN7O7. The van der Waals surface area contributed by atoms with Gasteiger partial charge in [-0.3, -0.25) is 28.9 Å². The van der Waals surface area contributed by atoms with E-state index in [0.717, 1.165) is 5.56 Å². The molecular weight excluding hydrogens is 697 g/mol. The van der Waals surface area contributed by atoms with Gasteiger partial charge in [-0.15, -0.1) is 10.2 Å². The summed E-state index contributed by atoms with van der Waals surface area (Å²) in [6, 6.07) is 4.08. The molecule has 14 nitrogen and oxygen atoms in total. The van der Waals surface area contributed by atoms with Crippen LogP contribution in [-0.4, -0.2) is 78.5 Å². The van der Waals surface area contributed by atoms with Crippen LogP contribution in [0.3, 0.4) is 0 Å². The largest absolute Gasteiger partial charge is 0.481 e. The van der Waals surface area contributed by atoms with E-state index in [2.05, 4.69) is 31.5 Å². The van der Waals surface area contributed by atoms with Crippen molar-refractivity contribution in [1.82, 2.24) is 36.4 Å². The Morgan fingerprint density at radius 3 is 2.09 bits per heavy atom. The number of nitrogens with zero attached hydrogens (tertiary/aromatic N) is 3. The molecule has 2 aromatic rings. The quantitative estimate of drug-likeness (QED) is 0.152. The Morgan fingerprint density at radius 2 is 1.49 bits per heavy atom. The number of carbonyl (C=O) groups excluding carboxylic acids is 4. The highest BCUT2D eigenvalue weighted by molar-refractivity contribution is 14.1. The predicted octanol–water partition coefficient (Wildman–Crippen LogP) is 2.01. The Bertz CT molecular complexity index is 1340. The topological polar surface area (TPSA) is 196 Å². The molecule has 6 atom stereocenters. The van der Waals surface area contributed by atoms with Crippen molar-refractivity contribution < 1.29 is 33.5 Å². The molecule has 2 heterocycles. The summed E-state index contributed by atoms with van der Waals surface area (Å²) < 4.78 is 5.26. The number of rotatable bonds is 8. The number of aromatic nitrogens is 2. The van der Waals surface area contributed by atoms with Gasteiger partial charge >= 0.3 is 5.97 Å². The van der Waals surface area contributed by atoms with E-state index in [0.29, 0.717) is 13.0 Å². The van der Waals surface area contributed by atoms with Gasteiger partial charge < -0.3 is 30.8 Å². The maximum absolute atomic E-state index is 13.6. The second kappa shape index (κ2) is 16.6. The smallest absolute Gasteiger partial charge is 0.305 e. The minimum Gasteiger partial charge on any atom is -0.481 e. The number of nitrogens with one attached hydrogen (secondary N) is 4. The van der Waals surface area contributed by atoms with E-state index >= 15 is 0 Å². The number of likely N-dealkylation sites (N-methyl/N-ethyl adjacent to an activating group) is 1. The fourth-order valence-electron chi connectivity index (χ4n) is 5.10. The number of carboxylic acid groups (broad SMARTS) is 1. The molecule has 0 saturated carbocycles. The zero-order valence-electron chi connectivity index (χ0n) is 26.1. The minimum atomic E-state index is -1.52. The lowest BCUT2D eigenvalue weighted by Crippen LogP contribution is -2.58. The number of aliphatic carboxylic acids is 1. The van der Waals surface area contributed by atoms with Crippen molar-refractivity contribution >= 4 is 52.2 Å². The zero-order chi connectivity index (χ0) is 33.3. The van der Waals surface area contributed by atoms with E-state index in [4.69, 9.17) is 4.42 Å². The second-order valence-corrected chi connectivity index (χ2v) is 12.6. The van der Waals surface area contributed by atoms with Crippen LogP contribution in [0.1, 0.15) is 83.3 Å². The zero-order valence-corrected chi connectivity index (χ0v) is 28.2. The lowest BCUT2D eigenvalue weighted by atomic mass is 10.0. The molecule has 1 aromatic heterocycles. The van der Waals surface area contributed by atoms with Crippen molar-refractivity contribution in [3.05, 3.63) is 47.7 Å². The van der Waals surface area contributed by atoms with Crippen LogP contribution in [0, 0.1) is 5.92 Å². The van der Waals surface area contributed by atoms with Crippen molar-refractivity contribution in [3.63, 3.8) is 0 Å². The monoisotopic (exact) mass is 739 g/mol. The molecule has 15 heteroatoms. The molecule has 2 bridgehead atoms. The van der Waals surface area contributed by atoms with Gasteiger partial charge in [-0.1, -0.05) is 80.6 Å². The van der Waals surface area contributed by atoms with Gasteiger partial charge in [-0.2, -0.15) is 0 Å². The average Bonchev–Trinajstić information content (AvgIpc) is 3.48. The van der Waals surface area contributed by atoms with Crippen molar-refractivity contribution in [2.75, 3.05) is 6.54 Å². The summed E-state index contributed by atoms with van der Waals surface area (Å²) >= 11 is 1.99. The first-order valence-corrected chi connectivity index (χ1v) is 16.3. The Morgan fingerprint density at radius 1 is 0.911 bits per heavy atom. The number of benzene rings is 1. The molecule has 3 rings (SSSR count). The number of hydrogen-bond acceptors (Lipinski definition) is 9. The molecule has 0 fully saturated rings. The van der Waals surface area contributed by atoms with Gasteiger partial charge in [0.15, 0.2) is 0 Å². The number of halogens is 1. The van der Waals surface area contributed by atoms with Gasteiger partial charge in [0.2, 0.25) is 35.4 Å². The first kappa shape index (κ1) is 35.9. The molecule has 0 spiro atoms. The number of carboxylic acids is 1. The predicted molar refractivity (Wildman–Crippen MR) is 172 cm³/mol. The van der Waals surface area contributed by atoms with Crippen molar-refractivity contribution in [1.29, 1.82) is 0 Å². The standard InChI is InChI=1S/C30H42IN7O7/c1-6-22-30-37-36-29(45-30)17(5)32-25(41)20(14-18-11-9-8-10-12-18)33-27(43)21(15-23(39)40)34-26(42)19(13-16(3)4)35-28(44)24(31)38(22)7-2/h8-12,16-17,19-22,24H,6-7,13-15H2,1-5H3,(H,32,41)(H,33,43)(H,34,42)(H,35,44)(H,39,40)/t17-,19-,20-,21-,22?,24+/m0/s1. The summed E-state index contributed by atoms with van der Waals surface area (Å²) in [5.74, 6) is -3.53. The summed E-state index contributed by atoms with van der Waals surface area (Å²) in [7, 11) is 0. The van der Waals surface area contributed by atoms with E-state index in [1.54, 1.807) is 31.2 Å². The number of hydrogen-bond donors (Lipinski definition) is 5. The Kier molecular flexibility index (Phi) is 13.3. The van der Waals surface area contributed by atoms with E-state index in [1.807, 2.05) is 61.3 Å². The fourth-order valence-corrected chi connectivity index (χ4v) is 6.07. The van der Waals surface area contributed by atoms with Crippen LogP contribution < -0.4 is 21.3 Å². The van der Waals surface area contributed by atoms with Crippen LogP contribution in [0.2, 0.25) is 0 Å². The van der Waals surface area contributed by atoms with Gasteiger partial charge in [0.25, 0.3) is 0 Å². The second-order valence-electron chi connectivity index (χ2n) is 11.4. The highest BCUT2D eigenvalue weighted by Gasteiger charge is 2.36. The molecule has 45 heavy (non-hydrogen) atoms. The average molecular weight is 740 g/mol. The summed E-state index contributed by atoms with van der Waals surface area (Å²) in [5, 5.41) is 28.7. The molecule has 5 N–H and O–H groups in total. The third-order valence-electron chi connectivity index (χ3n) is 7.40. The van der Waals surface area contributed by atoms with Gasteiger partial charge in [0.1, 0.15) is 28.2 Å². The van der Waals surface area contributed by atoms with Crippen LogP contribution in [-0.2, 0) is 30.4 Å². The number of amides is 4. The third-order valence-corrected chi connectivity index (χ3v) is 8.68. The number of alkyl halides is 1. The third kappa shape index (κ3) is 9.94. The number of fused-ring (bicyclic) bond motifs is 2. The van der Waals surface area contributed by atoms with Gasteiger partial charge in [0, 0.05) is 6.42 Å². The Labute approximate surface area is 276 Å². The van der Waals surface area contributed by atoms with E-state index in [1.165, 1.54) is 0 Å². The van der Waals surface area contributed by atoms with Crippen LogP contribution in [0.15, 0.2) is 34.7 Å². The minimum absolute atomic E-state index is 0.0262. The van der Waals surface area contributed by atoms with Crippen molar-refractivity contribution in [3.8, 4) is 0 Å². The lowest BCUT2D eigenvalue weighted by Gasteiger charge is -2.32. The summed E-state index contributed by atoms with van der Waals surface area (Å²) in [5.41, 5.74) is 0.741. The molecule has 1 aliphatic rings.